The molecule has 0 fully saturated rings. The van der Waals surface area contributed by atoms with E-state index in [1.54, 1.807) is 36.7 Å². The van der Waals surface area contributed by atoms with Crippen molar-refractivity contribution in [2.45, 2.75) is 19.8 Å². The van der Waals surface area contributed by atoms with Crippen LogP contribution in [0.2, 0.25) is 0 Å². The van der Waals surface area contributed by atoms with Gasteiger partial charge in [0.2, 0.25) is 5.91 Å². The zero-order valence-electron chi connectivity index (χ0n) is 12.4. The van der Waals surface area contributed by atoms with Gasteiger partial charge < -0.3 is 11.1 Å². The normalized spacial score (nSPS) is 11.0. The molecule has 2 heterocycles. The van der Waals surface area contributed by atoms with Gasteiger partial charge >= 0.3 is 0 Å². The zero-order valence-corrected chi connectivity index (χ0v) is 13.2. The van der Waals surface area contributed by atoms with Gasteiger partial charge in [0.15, 0.2) is 0 Å². The molecule has 0 bridgehead atoms. The number of hydrogen-bond donors (Lipinski definition) is 2. The van der Waals surface area contributed by atoms with E-state index in [4.69, 9.17) is 5.73 Å². The van der Waals surface area contributed by atoms with Crippen LogP contribution in [-0.2, 0) is 4.79 Å². The first-order valence-electron chi connectivity index (χ1n) is 6.80. The van der Waals surface area contributed by atoms with E-state index in [2.05, 4.69) is 10.3 Å². The molecule has 2 amide bonds. The molecule has 0 aromatic carbocycles. The third-order valence-electron chi connectivity index (χ3n) is 2.96. The Kier molecular flexibility index (Phi) is 5.06. The minimum Gasteiger partial charge on any atom is -0.366 e. The number of anilines is 1. The highest BCUT2D eigenvalue weighted by Gasteiger charge is 2.16. The highest BCUT2D eigenvalue weighted by Crippen LogP contribution is 2.32. The fourth-order valence-corrected chi connectivity index (χ4v) is 2.84. The molecule has 6 heteroatoms. The molecule has 0 unspecified atom stereocenters. The van der Waals surface area contributed by atoms with E-state index in [1.165, 1.54) is 17.4 Å². The maximum atomic E-state index is 12.0. The molecule has 0 saturated carbocycles. The number of carbonyl (C=O) groups is 2. The molecule has 22 heavy (non-hydrogen) atoms. The van der Waals surface area contributed by atoms with E-state index in [-0.39, 0.29) is 11.8 Å². The van der Waals surface area contributed by atoms with Crippen molar-refractivity contribution in [1.29, 1.82) is 0 Å². The summed E-state index contributed by atoms with van der Waals surface area (Å²) in [6, 6.07) is 5.32. The number of aromatic nitrogens is 1. The van der Waals surface area contributed by atoms with Crippen molar-refractivity contribution in [3.63, 3.8) is 0 Å². The van der Waals surface area contributed by atoms with Crippen LogP contribution in [0.4, 0.5) is 5.00 Å². The average Bonchev–Trinajstić information content (AvgIpc) is 2.90. The lowest BCUT2D eigenvalue weighted by molar-refractivity contribution is -0.111. The highest BCUT2D eigenvalue weighted by molar-refractivity contribution is 7.16. The third kappa shape index (κ3) is 4.02. The Labute approximate surface area is 132 Å². The van der Waals surface area contributed by atoms with Crippen molar-refractivity contribution in [3.8, 4) is 0 Å². The Hall–Kier alpha value is -2.47. The molecule has 0 aliphatic carbocycles. The minimum absolute atomic E-state index is 0.265. The predicted octanol–water partition coefficient (Wildman–Crippen LogP) is 3.02. The molecule has 0 aliphatic rings. The van der Waals surface area contributed by atoms with Gasteiger partial charge in [-0.1, -0.05) is 13.8 Å². The molecule has 2 aromatic heterocycles. The molecule has 0 spiro atoms. The molecule has 2 rings (SSSR count). The minimum atomic E-state index is -0.545. The van der Waals surface area contributed by atoms with Crippen LogP contribution < -0.4 is 11.1 Å². The lowest BCUT2D eigenvalue weighted by atomic mass is 10.1. The fraction of sp³-hybridized carbons (Fsp3) is 0.188. The molecule has 0 atom stereocenters. The van der Waals surface area contributed by atoms with Gasteiger partial charge in [0, 0.05) is 23.3 Å². The van der Waals surface area contributed by atoms with Crippen LogP contribution in [0.15, 0.2) is 36.7 Å². The van der Waals surface area contributed by atoms with Crippen molar-refractivity contribution >= 4 is 34.2 Å². The van der Waals surface area contributed by atoms with Gasteiger partial charge in [-0.15, -0.1) is 11.3 Å². The standard InChI is InChI=1S/C16H17N3O2S/c1-10(2)13-9-12(15(17)21)16(22-13)19-14(20)4-3-11-5-7-18-8-6-11/h3-10H,1-2H3,(H2,17,21)(H,19,20)/b4-3-. The van der Waals surface area contributed by atoms with Crippen LogP contribution in [0.1, 0.15) is 40.6 Å². The fourth-order valence-electron chi connectivity index (χ4n) is 1.77. The summed E-state index contributed by atoms with van der Waals surface area (Å²) in [4.78, 5) is 28.4. The summed E-state index contributed by atoms with van der Waals surface area (Å²) in [5, 5.41) is 3.20. The first kappa shape index (κ1) is 15.9. The first-order chi connectivity index (χ1) is 10.5. The molecule has 114 valence electrons. The van der Waals surface area contributed by atoms with Crippen LogP contribution in [0.25, 0.3) is 6.08 Å². The Balaban J connectivity index is 2.14. The Bertz CT molecular complexity index is 705. The maximum Gasteiger partial charge on any atom is 0.251 e. The van der Waals surface area contributed by atoms with E-state index in [0.29, 0.717) is 10.6 Å². The second-order valence-electron chi connectivity index (χ2n) is 5.01. The molecule has 0 saturated heterocycles. The molecule has 0 aliphatic heterocycles. The van der Waals surface area contributed by atoms with Crippen LogP contribution in [0.3, 0.4) is 0 Å². The van der Waals surface area contributed by atoms with Crippen molar-refractivity contribution in [2.24, 2.45) is 5.73 Å². The number of nitrogens with two attached hydrogens (primary N) is 1. The van der Waals surface area contributed by atoms with Crippen molar-refractivity contribution < 1.29 is 9.59 Å². The lowest BCUT2D eigenvalue weighted by Gasteiger charge is -2.01. The summed E-state index contributed by atoms with van der Waals surface area (Å²) in [6.45, 7) is 4.04. The highest BCUT2D eigenvalue weighted by atomic mass is 32.1. The van der Waals surface area contributed by atoms with E-state index in [9.17, 15) is 9.59 Å². The van der Waals surface area contributed by atoms with Gasteiger partial charge in [0.1, 0.15) is 5.00 Å². The van der Waals surface area contributed by atoms with Gasteiger partial charge in [-0.05, 0) is 35.8 Å². The van der Waals surface area contributed by atoms with Crippen molar-refractivity contribution in [2.75, 3.05) is 5.32 Å². The summed E-state index contributed by atoms with van der Waals surface area (Å²) in [6.07, 6.45) is 6.39. The first-order valence-corrected chi connectivity index (χ1v) is 7.61. The SMILES string of the molecule is CC(C)c1cc(C(N)=O)c(NC(=O)/C=C\c2ccncc2)s1. The molecule has 0 radical (unpaired) electrons. The Morgan fingerprint density at radius 1 is 1.32 bits per heavy atom. The quantitative estimate of drug-likeness (QED) is 0.832. The van der Waals surface area contributed by atoms with E-state index in [1.807, 2.05) is 13.8 Å². The number of primary amides is 1. The summed E-state index contributed by atoms with van der Waals surface area (Å²) in [5.74, 6) is -0.589. The van der Waals surface area contributed by atoms with Gasteiger partial charge in [0.25, 0.3) is 5.91 Å². The summed E-state index contributed by atoms with van der Waals surface area (Å²) in [7, 11) is 0. The van der Waals surface area contributed by atoms with E-state index in [0.717, 1.165) is 10.4 Å². The average molecular weight is 315 g/mol. The van der Waals surface area contributed by atoms with Crippen LogP contribution >= 0.6 is 11.3 Å². The molecule has 5 nitrogen and oxygen atoms in total. The van der Waals surface area contributed by atoms with Crippen molar-refractivity contribution in [1.82, 2.24) is 4.98 Å². The monoisotopic (exact) mass is 315 g/mol. The number of nitrogens with zero attached hydrogens (tertiary/aromatic N) is 1. The van der Waals surface area contributed by atoms with Gasteiger partial charge in [-0.3, -0.25) is 14.6 Å². The van der Waals surface area contributed by atoms with Crippen LogP contribution in [0, 0.1) is 0 Å². The van der Waals surface area contributed by atoms with Crippen LogP contribution in [-0.4, -0.2) is 16.8 Å². The largest absolute Gasteiger partial charge is 0.366 e. The number of rotatable bonds is 5. The third-order valence-corrected chi connectivity index (χ3v) is 4.31. The molecular formula is C16H17N3O2S. The zero-order chi connectivity index (χ0) is 16.1. The van der Waals surface area contributed by atoms with Gasteiger partial charge in [-0.25, -0.2) is 0 Å². The Morgan fingerprint density at radius 2 is 2.00 bits per heavy atom. The molecular weight excluding hydrogens is 298 g/mol. The maximum absolute atomic E-state index is 12.0. The topological polar surface area (TPSA) is 85.1 Å². The summed E-state index contributed by atoms with van der Waals surface area (Å²) in [5.41, 5.74) is 6.58. The summed E-state index contributed by atoms with van der Waals surface area (Å²) >= 11 is 1.37. The number of carbonyl (C=O) groups excluding carboxylic acids is 2. The van der Waals surface area contributed by atoms with E-state index < -0.39 is 5.91 Å². The second-order valence-corrected chi connectivity index (χ2v) is 6.10. The second kappa shape index (κ2) is 7.00. The predicted molar refractivity (Wildman–Crippen MR) is 88.8 cm³/mol. The van der Waals surface area contributed by atoms with Gasteiger partial charge in [-0.2, -0.15) is 0 Å². The van der Waals surface area contributed by atoms with E-state index >= 15 is 0 Å². The number of thiophene rings is 1. The van der Waals surface area contributed by atoms with Crippen molar-refractivity contribution in [3.05, 3.63) is 52.7 Å². The summed E-state index contributed by atoms with van der Waals surface area (Å²) < 4.78 is 0. The molecule has 2 aromatic rings. The number of nitrogens with one attached hydrogen (secondary N) is 1. The van der Waals surface area contributed by atoms with Crippen LogP contribution in [0.5, 0.6) is 0 Å². The van der Waals surface area contributed by atoms with Gasteiger partial charge in [0.05, 0.1) is 5.56 Å². The Morgan fingerprint density at radius 3 is 2.59 bits per heavy atom. The number of hydrogen-bond acceptors (Lipinski definition) is 4. The number of pyridine rings is 1. The smallest absolute Gasteiger partial charge is 0.251 e. The number of amides is 2. The lowest BCUT2D eigenvalue weighted by Crippen LogP contribution is -2.14. The molecule has 3 N–H and O–H groups in total.